The second-order valence-corrected chi connectivity index (χ2v) is 14.8. The fourth-order valence-electron chi connectivity index (χ4n) is 8.98. The molecule has 0 fully saturated rings. The van der Waals surface area contributed by atoms with Crippen LogP contribution in [0.25, 0.3) is 88.5 Å². The summed E-state index contributed by atoms with van der Waals surface area (Å²) in [6.07, 6.45) is 1.91. The second-order valence-electron chi connectivity index (χ2n) is 14.8. The molecule has 0 unspecified atom stereocenters. The summed E-state index contributed by atoms with van der Waals surface area (Å²) >= 11 is 0. The third kappa shape index (κ3) is 4.37. The van der Waals surface area contributed by atoms with E-state index in [-0.39, 0.29) is 5.41 Å². The summed E-state index contributed by atoms with van der Waals surface area (Å²) < 4.78 is 4.73. The van der Waals surface area contributed by atoms with Gasteiger partial charge in [-0.2, -0.15) is 0 Å². The maximum absolute atomic E-state index is 4.96. The summed E-state index contributed by atoms with van der Waals surface area (Å²) in [6.45, 7) is 4.68. The van der Waals surface area contributed by atoms with E-state index in [2.05, 4.69) is 193 Å². The van der Waals surface area contributed by atoms with E-state index in [0.717, 1.165) is 27.9 Å². The molecule has 0 bridgehead atoms. The highest BCUT2D eigenvalue weighted by Gasteiger charge is 2.35. The lowest BCUT2D eigenvalue weighted by molar-refractivity contribution is 0.660. The van der Waals surface area contributed by atoms with Gasteiger partial charge in [0.05, 0.1) is 16.6 Å². The molecule has 3 aromatic heterocycles. The summed E-state index contributed by atoms with van der Waals surface area (Å²) in [4.78, 5) is 4.96. The van der Waals surface area contributed by atoms with Crippen LogP contribution in [0.3, 0.4) is 0 Å². The van der Waals surface area contributed by atoms with Gasteiger partial charge in [-0.25, -0.2) is 4.98 Å². The summed E-state index contributed by atoms with van der Waals surface area (Å²) in [5.41, 5.74) is 17.0. The van der Waals surface area contributed by atoms with Gasteiger partial charge in [0.1, 0.15) is 5.65 Å². The van der Waals surface area contributed by atoms with Gasteiger partial charge in [-0.05, 0) is 111 Å². The van der Waals surface area contributed by atoms with Gasteiger partial charge in [-0.3, -0.25) is 4.57 Å². The Hall–Kier alpha value is -6.71. The first-order chi connectivity index (χ1) is 26.0. The lowest BCUT2D eigenvalue weighted by Gasteiger charge is -2.22. The minimum absolute atomic E-state index is 0.0747. The van der Waals surface area contributed by atoms with E-state index in [1.54, 1.807) is 0 Å². The molecule has 3 heteroatoms. The quantitative estimate of drug-likeness (QED) is 0.182. The van der Waals surface area contributed by atoms with Gasteiger partial charge in [0, 0.05) is 44.5 Å². The maximum Gasteiger partial charge on any atom is 0.145 e. The third-order valence-corrected chi connectivity index (χ3v) is 11.6. The van der Waals surface area contributed by atoms with Crippen molar-refractivity contribution in [2.75, 3.05) is 0 Å². The zero-order valence-corrected chi connectivity index (χ0v) is 29.6. The fourth-order valence-corrected chi connectivity index (χ4v) is 8.98. The van der Waals surface area contributed by atoms with E-state index in [1.165, 1.54) is 71.7 Å². The number of pyridine rings is 1. The monoisotopic (exact) mass is 677 g/mol. The number of benzene rings is 7. The molecule has 3 heterocycles. The van der Waals surface area contributed by atoms with Crippen molar-refractivity contribution in [2.24, 2.45) is 0 Å². The van der Waals surface area contributed by atoms with Crippen LogP contribution in [0, 0.1) is 0 Å². The van der Waals surface area contributed by atoms with E-state index >= 15 is 0 Å². The summed E-state index contributed by atoms with van der Waals surface area (Å²) in [7, 11) is 0. The molecule has 11 rings (SSSR count). The van der Waals surface area contributed by atoms with Crippen LogP contribution in [-0.4, -0.2) is 14.1 Å². The largest absolute Gasteiger partial charge is 0.309 e. The van der Waals surface area contributed by atoms with Crippen molar-refractivity contribution >= 4 is 43.7 Å². The fraction of sp³-hybridized carbons (Fsp3) is 0.0600. The van der Waals surface area contributed by atoms with Crippen LogP contribution in [0.5, 0.6) is 0 Å². The van der Waals surface area contributed by atoms with E-state index in [1.807, 2.05) is 6.20 Å². The van der Waals surface area contributed by atoms with E-state index in [0.29, 0.717) is 0 Å². The number of aromatic nitrogens is 3. The van der Waals surface area contributed by atoms with Crippen molar-refractivity contribution in [1.29, 1.82) is 0 Å². The number of nitrogens with zero attached hydrogens (tertiary/aromatic N) is 3. The van der Waals surface area contributed by atoms with Crippen LogP contribution in [0.1, 0.15) is 25.0 Å². The molecule has 0 spiro atoms. The lowest BCUT2D eigenvalue weighted by atomic mass is 9.82. The van der Waals surface area contributed by atoms with E-state index in [9.17, 15) is 0 Å². The van der Waals surface area contributed by atoms with Crippen molar-refractivity contribution in [3.63, 3.8) is 0 Å². The molecule has 0 saturated heterocycles. The molecule has 1 aliphatic rings. The van der Waals surface area contributed by atoms with Gasteiger partial charge in [0.15, 0.2) is 0 Å². The number of fused-ring (bicyclic) bond motifs is 9. The molecular weight excluding hydrogens is 643 g/mol. The second kappa shape index (κ2) is 11.1. The predicted octanol–water partition coefficient (Wildman–Crippen LogP) is 12.9. The zero-order chi connectivity index (χ0) is 35.3. The van der Waals surface area contributed by atoms with Crippen LogP contribution >= 0.6 is 0 Å². The highest BCUT2D eigenvalue weighted by molar-refractivity contribution is 6.12. The highest BCUT2D eigenvalue weighted by atomic mass is 15.0. The standard InChI is InChI=1S/C50H35N3/c1-50(2)44-16-8-6-13-38(44)39-25-24-37(31-45(39)50)53-48-27-21-35(30-43(48)41-15-10-28-51-49(41)53)34-20-26-47-42(29-34)40-14-7-9-17-46(40)52(47)36-22-18-33(19-23-36)32-11-4-3-5-12-32/h3-31H,1-2H3. The minimum atomic E-state index is -0.0747. The Morgan fingerprint density at radius 2 is 0.981 bits per heavy atom. The van der Waals surface area contributed by atoms with Crippen molar-refractivity contribution in [3.05, 3.63) is 187 Å². The number of para-hydroxylation sites is 1. The smallest absolute Gasteiger partial charge is 0.145 e. The highest BCUT2D eigenvalue weighted by Crippen LogP contribution is 2.49. The predicted molar refractivity (Wildman–Crippen MR) is 221 cm³/mol. The molecule has 1 aliphatic carbocycles. The van der Waals surface area contributed by atoms with Crippen molar-refractivity contribution in [2.45, 2.75) is 19.3 Å². The van der Waals surface area contributed by atoms with Gasteiger partial charge in [-0.15, -0.1) is 0 Å². The normalized spacial score (nSPS) is 13.2. The number of hydrogen-bond donors (Lipinski definition) is 0. The molecule has 53 heavy (non-hydrogen) atoms. The first-order valence-electron chi connectivity index (χ1n) is 18.4. The Morgan fingerprint density at radius 1 is 0.396 bits per heavy atom. The molecule has 250 valence electrons. The van der Waals surface area contributed by atoms with E-state index in [4.69, 9.17) is 4.98 Å². The van der Waals surface area contributed by atoms with Crippen LogP contribution in [0.2, 0.25) is 0 Å². The van der Waals surface area contributed by atoms with Gasteiger partial charge < -0.3 is 4.57 Å². The molecule has 0 saturated carbocycles. The number of hydrogen-bond acceptors (Lipinski definition) is 1. The van der Waals surface area contributed by atoms with Gasteiger partial charge in [0.25, 0.3) is 0 Å². The Morgan fingerprint density at radius 3 is 1.79 bits per heavy atom. The van der Waals surface area contributed by atoms with Crippen molar-refractivity contribution < 1.29 is 0 Å². The van der Waals surface area contributed by atoms with Crippen molar-refractivity contribution in [3.8, 4) is 44.8 Å². The third-order valence-electron chi connectivity index (χ3n) is 11.6. The average molecular weight is 678 g/mol. The molecule has 3 nitrogen and oxygen atoms in total. The first-order valence-corrected chi connectivity index (χ1v) is 18.4. The van der Waals surface area contributed by atoms with Crippen LogP contribution < -0.4 is 0 Å². The first kappa shape index (κ1) is 30.0. The molecule has 0 aliphatic heterocycles. The van der Waals surface area contributed by atoms with E-state index < -0.39 is 0 Å². The molecule has 7 aromatic carbocycles. The SMILES string of the molecule is CC1(C)c2ccccc2-c2ccc(-n3c4ccc(-c5ccc6c(c5)c5ccccc5n6-c5ccc(-c6ccccc6)cc5)cc4c4cccnc43)cc21. The molecular formula is C50H35N3. The Balaban J connectivity index is 1.04. The molecule has 0 N–H and O–H groups in total. The molecule has 0 radical (unpaired) electrons. The summed E-state index contributed by atoms with van der Waals surface area (Å²) in [5, 5.41) is 4.86. The van der Waals surface area contributed by atoms with Gasteiger partial charge in [0.2, 0.25) is 0 Å². The molecule has 0 amide bonds. The van der Waals surface area contributed by atoms with Crippen LogP contribution in [0.15, 0.2) is 176 Å². The minimum Gasteiger partial charge on any atom is -0.309 e. The van der Waals surface area contributed by atoms with Crippen molar-refractivity contribution in [1.82, 2.24) is 14.1 Å². The Bertz CT molecular complexity index is 3070. The van der Waals surface area contributed by atoms with Gasteiger partial charge >= 0.3 is 0 Å². The molecule has 10 aromatic rings. The zero-order valence-electron chi connectivity index (χ0n) is 29.6. The average Bonchev–Trinajstić information content (AvgIpc) is 3.81. The van der Waals surface area contributed by atoms with Gasteiger partial charge in [-0.1, -0.05) is 117 Å². The summed E-state index contributed by atoms with van der Waals surface area (Å²) in [6, 6.07) is 62.1. The maximum atomic E-state index is 4.96. The molecule has 0 atom stereocenters. The summed E-state index contributed by atoms with van der Waals surface area (Å²) in [5.74, 6) is 0. The Kier molecular flexibility index (Phi) is 6.30. The number of rotatable bonds is 4. The van der Waals surface area contributed by atoms with Crippen LogP contribution in [0.4, 0.5) is 0 Å². The van der Waals surface area contributed by atoms with Crippen LogP contribution in [-0.2, 0) is 5.41 Å². The lowest BCUT2D eigenvalue weighted by Crippen LogP contribution is -2.15. The Labute approximate surface area is 308 Å². The topological polar surface area (TPSA) is 22.8 Å².